The molecule has 4 nitrogen and oxygen atoms in total. The van der Waals surface area contributed by atoms with Crippen LogP contribution in [0.25, 0.3) is 0 Å². The van der Waals surface area contributed by atoms with Crippen LogP contribution in [0, 0.1) is 5.41 Å². The van der Waals surface area contributed by atoms with Crippen LogP contribution in [-0.2, 0) is 6.54 Å². The highest BCUT2D eigenvalue weighted by Crippen LogP contribution is 2.28. The molecule has 1 aromatic heterocycles. The van der Waals surface area contributed by atoms with Crippen LogP contribution in [-0.4, -0.2) is 39.5 Å². The van der Waals surface area contributed by atoms with Gasteiger partial charge in [-0.15, -0.1) is 0 Å². The third-order valence-corrected chi connectivity index (χ3v) is 4.04. The fraction of sp³-hybridized carbons (Fsp3) is 0.733. The summed E-state index contributed by atoms with van der Waals surface area (Å²) in [4.78, 5) is 11.2. The lowest BCUT2D eigenvalue weighted by Crippen LogP contribution is -2.64. The number of hydrogen-bond acceptors (Lipinski definition) is 4. The molecule has 0 spiro atoms. The fourth-order valence-electron chi connectivity index (χ4n) is 2.46. The largest absolute Gasteiger partial charge is 0.310 e. The molecular formula is C15H26N4. The second-order valence-electron chi connectivity index (χ2n) is 7.16. The van der Waals surface area contributed by atoms with E-state index < -0.39 is 0 Å². The molecule has 0 radical (unpaired) electrons. The van der Waals surface area contributed by atoms with E-state index in [2.05, 4.69) is 54.8 Å². The SMILES string of the molecule is CC(C)(C)C1CN(Cc2ncccn2)C(C)(C)CN1. The van der Waals surface area contributed by atoms with Gasteiger partial charge in [0, 0.05) is 37.1 Å². The molecule has 0 saturated carbocycles. The van der Waals surface area contributed by atoms with Gasteiger partial charge in [0.05, 0.1) is 6.54 Å². The van der Waals surface area contributed by atoms with E-state index in [-0.39, 0.29) is 11.0 Å². The van der Waals surface area contributed by atoms with Gasteiger partial charge in [-0.25, -0.2) is 9.97 Å². The maximum atomic E-state index is 4.35. The Morgan fingerprint density at radius 3 is 2.53 bits per heavy atom. The van der Waals surface area contributed by atoms with Gasteiger partial charge in [0.2, 0.25) is 0 Å². The Hall–Kier alpha value is -1.00. The lowest BCUT2D eigenvalue weighted by Gasteiger charge is -2.49. The summed E-state index contributed by atoms with van der Waals surface area (Å²) in [5.41, 5.74) is 0.410. The molecule has 2 heterocycles. The normalized spacial score (nSPS) is 24.4. The zero-order chi connectivity index (χ0) is 14.1. The van der Waals surface area contributed by atoms with Crippen molar-refractivity contribution < 1.29 is 0 Å². The van der Waals surface area contributed by atoms with E-state index in [0.29, 0.717) is 6.04 Å². The number of hydrogen-bond donors (Lipinski definition) is 1. The second kappa shape index (κ2) is 5.17. The van der Waals surface area contributed by atoms with E-state index in [9.17, 15) is 0 Å². The average molecular weight is 262 g/mol. The standard InChI is InChI=1S/C15H26N4/c1-14(2,3)12-9-19(15(4,5)11-18-12)10-13-16-7-6-8-17-13/h6-8,12,18H,9-11H2,1-5H3. The van der Waals surface area contributed by atoms with Gasteiger partial charge in [-0.2, -0.15) is 0 Å². The predicted molar refractivity (Wildman–Crippen MR) is 77.8 cm³/mol. The van der Waals surface area contributed by atoms with E-state index in [1.807, 2.05) is 18.5 Å². The van der Waals surface area contributed by atoms with Gasteiger partial charge in [0.25, 0.3) is 0 Å². The van der Waals surface area contributed by atoms with Crippen LogP contribution in [0.1, 0.15) is 40.4 Å². The maximum Gasteiger partial charge on any atom is 0.142 e. The topological polar surface area (TPSA) is 41.1 Å². The van der Waals surface area contributed by atoms with Crippen molar-refractivity contribution in [2.45, 2.75) is 52.7 Å². The molecular weight excluding hydrogens is 236 g/mol. The van der Waals surface area contributed by atoms with Crippen LogP contribution in [0.2, 0.25) is 0 Å². The molecule has 1 N–H and O–H groups in total. The Kier molecular flexibility index (Phi) is 3.92. The predicted octanol–water partition coefficient (Wildman–Crippen LogP) is 2.08. The van der Waals surface area contributed by atoms with Crippen molar-refractivity contribution in [3.05, 3.63) is 24.3 Å². The van der Waals surface area contributed by atoms with Crippen LogP contribution in [0.5, 0.6) is 0 Å². The maximum absolute atomic E-state index is 4.35. The molecule has 1 fully saturated rings. The summed E-state index contributed by atoms with van der Waals surface area (Å²) in [6.45, 7) is 14.3. The molecule has 2 rings (SSSR count). The number of nitrogens with one attached hydrogen (secondary N) is 1. The van der Waals surface area contributed by atoms with Gasteiger partial charge < -0.3 is 5.32 Å². The Balaban J connectivity index is 2.11. The number of nitrogens with zero attached hydrogens (tertiary/aromatic N) is 3. The van der Waals surface area contributed by atoms with Crippen molar-refractivity contribution in [1.82, 2.24) is 20.2 Å². The van der Waals surface area contributed by atoms with Crippen molar-refractivity contribution in [2.24, 2.45) is 5.41 Å². The molecule has 1 aromatic rings. The summed E-state index contributed by atoms with van der Waals surface area (Å²) in [6.07, 6.45) is 3.64. The molecule has 106 valence electrons. The summed E-state index contributed by atoms with van der Waals surface area (Å²) in [5, 5.41) is 3.68. The van der Waals surface area contributed by atoms with Crippen molar-refractivity contribution in [1.29, 1.82) is 0 Å². The van der Waals surface area contributed by atoms with Gasteiger partial charge in [0.1, 0.15) is 5.82 Å². The van der Waals surface area contributed by atoms with E-state index in [4.69, 9.17) is 0 Å². The highest BCUT2D eigenvalue weighted by Gasteiger charge is 2.38. The summed E-state index contributed by atoms with van der Waals surface area (Å²) < 4.78 is 0. The highest BCUT2D eigenvalue weighted by atomic mass is 15.3. The van der Waals surface area contributed by atoms with Gasteiger partial charge in [-0.05, 0) is 25.3 Å². The van der Waals surface area contributed by atoms with Crippen molar-refractivity contribution in [3.63, 3.8) is 0 Å². The molecule has 0 aliphatic carbocycles. The molecule has 0 aromatic carbocycles. The molecule has 4 heteroatoms. The summed E-state index contributed by atoms with van der Waals surface area (Å²) >= 11 is 0. The first-order chi connectivity index (χ1) is 8.79. The molecule has 0 bridgehead atoms. The van der Waals surface area contributed by atoms with E-state index >= 15 is 0 Å². The van der Waals surface area contributed by atoms with Gasteiger partial charge >= 0.3 is 0 Å². The van der Waals surface area contributed by atoms with Gasteiger partial charge in [0.15, 0.2) is 0 Å². The Labute approximate surface area is 116 Å². The monoisotopic (exact) mass is 262 g/mol. The Morgan fingerprint density at radius 2 is 1.95 bits per heavy atom. The van der Waals surface area contributed by atoms with Gasteiger partial charge in [-0.1, -0.05) is 20.8 Å². The van der Waals surface area contributed by atoms with Crippen molar-refractivity contribution in [3.8, 4) is 0 Å². The zero-order valence-corrected chi connectivity index (χ0v) is 12.8. The number of rotatable bonds is 2. The fourth-order valence-corrected chi connectivity index (χ4v) is 2.46. The first kappa shape index (κ1) is 14.4. The first-order valence-electron chi connectivity index (χ1n) is 7.03. The first-order valence-corrected chi connectivity index (χ1v) is 7.03. The number of piperazine rings is 1. The van der Waals surface area contributed by atoms with E-state index in [1.54, 1.807) is 0 Å². The molecule has 1 aliphatic heterocycles. The van der Waals surface area contributed by atoms with Crippen molar-refractivity contribution >= 4 is 0 Å². The number of aromatic nitrogens is 2. The van der Waals surface area contributed by atoms with E-state index in [1.165, 1.54) is 0 Å². The van der Waals surface area contributed by atoms with Crippen LogP contribution >= 0.6 is 0 Å². The lowest BCUT2D eigenvalue weighted by molar-refractivity contribution is 0.0276. The van der Waals surface area contributed by atoms with Crippen LogP contribution in [0.4, 0.5) is 0 Å². The minimum atomic E-state index is 0.140. The summed E-state index contributed by atoms with van der Waals surface area (Å²) in [6, 6.07) is 2.37. The molecule has 1 unspecified atom stereocenters. The quantitative estimate of drug-likeness (QED) is 0.886. The third-order valence-electron chi connectivity index (χ3n) is 4.04. The molecule has 1 aliphatic rings. The zero-order valence-electron chi connectivity index (χ0n) is 12.8. The third kappa shape index (κ3) is 3.51. The molecule has 1 atom stereocenters. The van der Waals surface area contributed by atoms with Crippen LogP contribution in [0.3, 0.4) is 0 Å². The molecule has 0 amide bonds. The van der Waals surface area contributed by atoms with Crippen molar-refractivity contribution in [2.75, 3.05) is 13.1 Å². The average Bonchev–Trinajstić information content (AvgIpc) is 2.31. The Bertz CT molecular complexity index is 408. The minimum absolute atomic E-state index is 0.140. The van der Waals surface area contributed by atoms with Crippen LogP contribution < -0.4 is 5.32 Å². The molecule has 19 heavy (non-hydrogen) atoms. The summed E-state index contributed by atoms with van der Waals surface area (Å²) in [5.74, 6) is 0.908. The molecule has 1 saturated heterocycles. The minimum Gasteiger partial charge on any atom is -0.310 e. The van der Waals surface area contributed by atoms with Crippen LogP contribution in [0.15, 0.2) is 18.5 Å². The smallest absolute Gasteiger partial charge is 0.142 e. The Morgan fingerprint density at radius 1 is 1.32 bits per heavy atom. The second-order valence-corrected chi connectivity index (χ2v) is 7.16. The highest BCUT2D eigenvalue weighted by molar-refractivity contribution is 4.99. The lowest BCUT2D eigenvalue weighted by atomic mass is 9.83. The summed E-state index contributed by atoms with van der Waals surface area (Å²) in [7, 11) is 0. The van der Waals surface area contributed by atoms with Gasteiger partial charge in [-0.3, -0.25) is 4.90 Å². The van der Waals surface area contributed by atoms with E-state index in [0.717, 1.165) is 25.5 Å².